The number of hydrogen-bond donors (Lipinski definition) is 1. The molecular formula is C20H17N3O4. The number of hydrogen-bond acceptors (Lipinski definition) is 4. The molecule has 1 atom stereocenters. The van der Waals surface area contributed by atoms with Crippen molar-refractivity contribution in [3.8, 4) is 0 Å². The molecule has 0 aliphatic carbocycles. The molecule has 0 spiro atoms. The van der Waals surface area contributed by atoms with Gasteiger partial charge in [-0.05, 0) is 31.2 Å². The second-order valence-electron chi connectivity index (χ2n) is 6.62. The van der Waals surface area contributed by atoms with Crippen molar-refractivity contribution in [2.45, 2.75) is 19.4 Å². The first-order valence-corrected chi connectivity index (χ1v) is 8.63. The Balaban J connectivity index is 1.65. The number of nitrogens with zero attached hydrogens (tertiary/aromatic N) is 2. The van der Waals surface area contributed by atoms with Crippen LogP contribution in [0.5, 0.6) is 0 Å². The Kier molecular flexibility index (Phi) is 3.99. The number of anilines is 2. The standard InChI is InChI=1S/C20H17N3O4/c1-12-10-17(24)21-15-8-4-5-9-16(15)23(12)18(25)11-22-19(26)13-6-2-3-7-14(13)20(22)27/h2-9,12H,10-11H2,1H3,(H,21,24)/t12-/m1/s1. The fourth-order valence-corrected chi connectivity index (χ4v) is 3.56. The van der Waals surface area contributed by atoms with Crippen LogP contribution in [0.4, 0.5) is 11.4 Å². The highest BCUT2D eigenvalue weighted by molar-refractivity contribution is 6.23. The largest absolute Gasteiger partial charge is 0.324 e. The maximum Gasteiger partial charge on any atom is 0.262 e. The molecule has 0 saturated heterocycles. The van der Waals surface area contributed by atoms with Gasteiger partial charge in [0.25, 0.3) is 11.8 Å². The van der Waals surface area contributed by atoms with Crippen molar-refractivity contribution in [1.82, 2.24) is 4.90 Å². The van der Waals surface area contributed by atoms with Crippen molar-refractivity contribution in [3.05, 3.63) is 59.7 Å². The molecule has 1 N–H and O–H groups in total. The van der Waals surface area contributed by atoms with E-state index in [0.717, 1.165) is 4.90 Å². The van der Waals surface area contributed by atoms with Crippen molar-refractivity contribution < 1.29 is 19.2 Å². The number of imide groups is 1. The highest BCUT2D eigenvalue weighted by Gasteiger charge is 2.38. The van der Waals surface area contributed by atoms with Crippen molar-refractivity contribution in [1.29, 1.82) is 0 Å². The van der Waals surface area contributed by atoms with Gasteiger partial charge in [0, 0.05) is 12.5 Å². The first-order valence-electron chi connectivity index (χ1n) is 8.63. The van der Waals surface area contributed by atoms with Crippen LogP contribution in [-0.2, 0) is 9.59 Å². The number of amides is 4. The highest BCUT2D eigenvalue weighted by atomic mass is 16.2. The van der Waals surface area contributed by atoms with E-state index in [0.29, 0.717) is 22.5 Å². The van der Waals surface area contributed by atoms with Gasteiger partial charge in [-0.2, -0.15) is 0 Å². The van der Waals surface area contributed by atoms with Crippen LogP contribution in [0.15, 0.2) is 48.5 Å². The first kappa shape index (κ1) is 17.0. The maximum atomic E-state index is 13.1. The van der Waals surface area contributed by atoms with E-state index in [-0.39, 0.29) is 18.9 Å². The van der Waals surface area contributed by atoms with Crippen molar-refractivity contribution in [2.24, 2.45) is 0 Å². The zero-order valence-electron chi connectivity index (χ0n) is 14.6. The molecule has 4 rings (SSSR count). The van der Waals surface area contributed by atoms with Gasteiger partial charge in [0.2, 0.25) is 11.8 Å². The predicted octanol–water partition coefficient (Wildman–Crippen LogP) is 2.05. The Bertz CT molecular complexity index is 950. The molecule has 0 saturated carbocycles. The van der Waals surface area contributed by atoms with Crippen molar-refractivity contribution >= 4 is 35.0 Å². The SMILES string of the molecule is C[C@@H]1CC(=O)Nc2ccccc2N1C(=O)CN1C(=O)c2ccccc2C1=O. The number of carbonyl (C=O) groups excluding carboxylic acids is 4. The summed E-state index contributed by atoms with van der Waals surface area (Å²) in [4.78, 5) is 52.6. The van der Waals surface area contributed by atoms with Crippen LogP contribution in [0.2, 0.25) is 0 Å². The number of fused-ring (bicyclic) bond motifs is 2. The minimum absolute atomic E-state index is 0.128. The van der Waals surface area contributed by atoms with Gasteiger partial charge in [0.05, 0.1) is 22.5 Å². The second-order valence-corrected chi connectivity index (χ2v) is 6.62. The summed E-state index contributed by atoms with van der Waals surface area (Å²) < 4.78 is 0. The molecule has 2 aromatic rings. The second kappa shape index (κ2) is 6.35. The van der Waals surface area contributed by atoms with E-state index in [2.05, 4.69) is 5.32 Å². The van der Waals surface area contributed by atoms with Gasteiger partial charge < -0.3 is 10.2 Å². The van der Waals surface area contributed by atoms with Gasteiger partial charge in [-0.25, -0.2) is 0 Å². The fraction of sp³-hybridized carbons (Fsp3) is 0.200. The fourth-order valence-electron chi connectivity index (χ4n) is 3.56. The Labute approximate surface area is 155 Å². The van der Waals surface area contributed by atoms with Crippen molar-refractivity contribution in [3.63, 3.8) is 0 Å². The smallest absolute Gasteiger partial charge is 0.262 e. The number of carbonyl (C=O) groups is 4. The topological polar surface area (TPSA) is 86.8 Å². The van der Waals surface area contributed by atoms with Crippen LogP contribution in [0.1, 0.15) is 34.1 Å². The van der Waals surface area contributed by atoms with E-state index >= 15 is 0 Å². The summed E-state index contributed by atoms with van der Waals surface area (Å²) in [7, 11) is 0. The average Bonchev–Trinajstić information content (AvgIpc) is 2.80. The molecule has 2 aliphatic heterocycles. The van der Waals surface area contributed by atoms with Gasteiger partial charge in [-0.3, -0.25) is 24.1 Å². The zero-order chi connectivity index (χ0) is 19.1. The lowest BCUT2D eigenvalue weighted by atomic mass is 10.1. The normalized spacial score (nSPS) is 18.7. The lowest BCUT2D eigenvalue weighted by molar-refractivity contribution is -0.119. The van der Waals surface area contributed by atoms with E-state index in [4.69, 9.17) is 0 Å². The molecule has 7 nitrogen and oxygen atoms in total. The average molecular weight is 363 g/mol. The predicted molar refractivity (Wildman–Crippen MR) is 98.4 cm³/mol. The summed E-state index contributed by atoms with van der Waals surface area (Å²) in [5.41, 5.74) is 1.69. The summed E-state index contributed by atoms with van der Waals surface area (Å²) in [5, 5.41) is 2.78. The number of benzene rings is 2. The van der Waals surface area contributed by atoms with E-state index in [1.54, 1.807) is 55.5 Å². The molecule has 0 bridgehead atoms. The lowest BCUT2D eigenvalue weighted by Crippen LogP contribution is -2.46. The van der Waals surface area contributed by atoms with Crippen LogP contribution in [0.3, 0.4) is 0 Å². The molecular weight excluding hydrogens is 346 g/mol. The summed E-state index contributed by atoms with van der Waals surface area (Å²) in [6.07, 6.45) is 0.128. The Hall–Kier alpha value is -3.48. The van der Waals surface area contributed by atoms with Gasteiger partial charge in [-0.1, -0.05) is 24.3 Å². The monoisotopic (exact) mass is 363 g/mol. The maximum absolute atomic E-state index is 13.1. The number of rotatable bonds is 2. The van der Waals surface area contributed by atoms with Crippen LogP contribution in [0, 0.1) is 0 Å². The molecule has 136 valence electrons. The summed E-state index contributed by atoms with van der Waals surface area (Å²) in [5.74, 6) is -1.56. The van der Waals surface area contributed by atoms with E-state index in [1.165, 1.54) is 4.90 Å². The molecule has 0 radical (unpaired) electrons. The van der Waals surface area contributed by atoms with E-state index in [9.17, 15) is 19.2 Å². The van der Waals surface area contributed by atoms with Crippen LogP contribution < -0.4 is 10.2 Å². The number of para-hydroxylation sites is 2. The Morgan fingerprint density at radius 3 is 2.26 bits per heavy atom. The minimum atomic E-state index is -0.478. The molecule has 4 amide bonds. The first-order chi connectivity index (χ1) is 13.0. The molecule has 7 heteroatoms. The third-order valence-corrected chi connectivity index (χ3v) is 4.80. The molecule has 2 heterocycles. The van der Waals surface area contributed by atoms with Crippen LogP contribution in [-0.4, -0.2) is 41.1 Å². The molecule has 2 aliphatic rings. The molecule has 0 fully saturated rings. The minimum Gasteiger partial charge on any atom is -0.324 e. The van der Waals surface area contributed by atoms with Gasteiger partial charge in [0.1, 0.15) is 6.54 Å². The summed E-state index contributed by atoms with van der Waals surface area (Å²) in [6.45, 7) is 1.39. The summed E-state index contributed by atoms with van der Waals surface area (Å²) >= 11 is 0. The van der Waals surface area contributed by atoms with Crippen molar-refractivity contribution in [2.75, 3.05) is 16.8 Å². The Morgan fingerprint density at radius 1 is 1.00 bits per heavy atom. The lowest BCUT2D eigenvalue weighted by Gasteiger charge is -2.29. The molecule has 0 aromatic heterocycles. The van der Waals surface area contributed by atoms with Crippen LogP contribution in [0.25, 0.3) is 0 Å². The highest BCUT2D eigenvalue weighted by Crippen LogP contribution is 2.32. The van der Waals surface area contributed by atoms with E-state index < -0.39 is 23.8 Å². The molecule has 27 heavy (non-hydrogen) atoms. The Morgan fingerprint density at radius 2 is 1.59 bits per heavy atom. The molecule has 0 unspecified atom stereocenters. The van der Waals surface area contributed by atoms with Gasteiger partial charge in [-0.15, -0.1) is 0 Å². The third-order valence-electron chi connectivity index (χ3n) is 4.80. The van der Waals surface area contributed by atoms with Gasteiger partial charge >= 0.3 is 0 Å². The molecule has 2 aromatic carbocycles. The van der Waals surface area contributed by atoms with E-state index in [1.807, 2.05) is 0 Å². The van der Waals surface area contributed by atoms with Gasteiger partial charge in [0.15, 0.2) is 0 Å². The number of nitrogens with one attached hydrogen (secondary N) is 1. The van der Waals surface area contributed by atoms with Crippen LogP contribution >= 0.6 is 0 Å². The zero-order valence-corrected chi connectivity index (χ0v) is 14.6. The summed E-state index contributed by atoms with van der Waals surface area (Å²) in [6, 6.07) is 13.1. The third kappa shape index (κ3) is 2.77. The quantitative estimate of drug-likeness (QED) is 0.828.